The summed E-state index contributed by atoms with van der Waals surface area (Å²) >= 11 is 0. The Labute approximate surface area is 246 Å². The SMILES string of the molecule is CCNC(=O)CCN(CCC(=O)NC)CCN(CCC(=O)NC)CCN(CCNCCC(O)NC)CCC(=O)NC. The van der Waals surface area contributed by atoms with Crippen molar-refractivity contribution in [3.8, 4) is 0 Å². The monoisotopic (exact) mass is 587 g/mol. The van der Waals surface area contributed by atoms with E-state index >= 15 is 0 Å². The van der Waals surface area contributed by atoms with Gasteiger partial charge in [0.05, 0.1) is 0 Å². The van der Waals surface area contributed by atoms with Crippen molar-refractivity contribution in [2.75, 3.05) is 107 Å². The molecule has 14 nitrogen and oxygen atoms in total. The molecule has 0 aliphatic rings. The lowest BCUT2D eigenvalue weighted by atomic mass is 10.2. The molecular weight excluding hydrogens is 530 g/mol. The van der Waals surface area contributed by atoms with Gasteiger partial charge in [-0.05, 0) is 26.9 Å². The summed E-state index contributed by atoms with van der Waals surface area (Å²) in [6.07, 6.45) is 1.50. The molecule has 0 aliphatic carbocycles. The van der Waals surface area contributed by atoms with Crippen molar-refractivity contribution in [1.29, 1.82) is 0 Å². The zero-order valence-corrected chi connectivity index (χ0v) is 26.0. The van der Waals surface area contributed by atoms with Gasteiger partial charge in [-0.3, -0.25) is 24.5 Å². The van der Waals surface area contributed by atoms with E-state index in [-0.39, 0.29) is 23.6 Å². The highest BCUT2D eigenvalue weighted by atomic mass is 16.3. The topological polar surface area (TPSA) is 170 Å². The van der Waals surface area contributed by atoms with Gasteiger partial charge in [0.15, 0.2) is 0 Å². The van der Waals surface area contributed by atoms with Crippen LogP contribution < -0.4 is 31.9 Å². The zero-order valence-electron chi connectivity index (χ0n) is 26.0. The third-order valence-corrected chi connectivity index (χ3v) is 6.83. The summed E-state index contributed by atoms with van der Waals surface area (Å²) in [5, 5.41) is 26.6. The molecule has 0 spiro atoms. The minimum absolute atomic E-state index is 0.0181. The van der Waals surface area contributed by atoms with E-state index in [1.165, 1.54) is 0 Å². The van der Waals surface area contributed by atoms with Crippen molar-refractivity contribution >= 4 is 23.6 Å². The fraction of sp³-hybridized carbons (Fsp3) is 0.852. The van der Waals surface area contributed by atoms with Crippen LogP contribution in [-0.4, -0.2) is 156 Å². The van der Waals surface area contributed by atoms with Crippen LogP contribution in [0, 0.1) is 0 Å². The largest absolute Gasteiger partial charge is 0.379 e. The number of nitrogens with one attached hydrogen (secondary N) is 6. The van der Waals surface area contributed by atoms with E-state index in [2.05, 4.69) is 46.6 Å². The Kier molecular flexibility index (Phi) is 23.9. The number of nitrogens with zero attached hydrogens (tertiary/aromatic N) is 3. The number of rotatable bonds is 26. The fourth-order valence-electron chi connectivity index (χ4n) is 4.02. The van der Waals surface area contributed by atoms with Crippen LogP contribution in [0.25, 0.3) is 0 Å². The summed E-state index contributed by atoms with van der Waals surface area (Å²) in [7, 11) is 6.58. The lowest BCUT2D eigenvalue weighted by Crippen LogP contribution is -2.44. The highest BCUT2D eigenvalue weighted by molar-refractivity contribution is 5.77. The number of hydrogen-bond acceptors (Lipinski definition) is 10. The van der Waals surface area contributed by atoms with Crippen LogP contribution in [0.15, 0.2) is 0 Å². The van der Waals surface area contributed by atoms with Gasteiger partial charge in [-0.15, -0.1) is 0 Å². The summed E-state index contributed by atoms with van der Waals surface area (Å²) < 4.78 is 0. The van der Waals surface area contributed by atoms with E-state index in [0.29, 0.717) is 97.6 Å². The first-order valence-electron chi connectivity index (χ1n) is 14.8. The Morgan fingerprint density at radius 1 is 0.585 bits per heavy atom. The highest BCUT2D eigenvalue weighted by Gasteiger charge is 2.16. The molecule has 0 radical (unpaired) electrons. The smallest absolute Gasteiger partial charge is 0.221 e. The predicted octanol–water partition coefficient (Wildman–Crippen LogP) is -2.66. The number of amides is 4. The fourth-order valence-corrected chi connectivity index (χ4v) is 4.02. The molecule has 4 amide bonds. The number of carbonyl (C=O) groups is 4. The average molecular weight is 588 g/mol. The maximum Gasteiger partial charge on any atom is 0.221 e. The molecule has 0 saturated heterocycles. The van der Waals surface area contributed by atoms with Crippen molar-refractivity contribution in [2.24, 2.45) is 0 Å². The van der Waals surface area contributed by atoms with E-state index < -0.39 is 6.23 Å². The molecular formula is C27H57N9O5. The van der Waals surface area contributed by atoms with E-state index in [9.17, 15) is 24.3 Å². The maximum absolute atomic E-state index is 12.0. The summed E-state index contributed by atoms with van der Waals surface area (Å²) in [6.45, 7) is 9.57. The molecule has 1 atom stereocenters. The van der Waals surface area contributed by atoms with E-state index in [1.54, 1.807) is 28.2 Å². The molecule has 0 bridgehead atoms. The van der Waals surface area contributed by atoms with Gasteiger partial charge in [-0.2, -0.15) is 0 Å². The van der Waals surface area contributed by atoms with Crippen LogP contribution in [0.1, 0.15) is 39.0 Å². The molecule has 14 heteroatoms. The Morgan fingerprint density at radius 3 is 1.37 bits per heavy atom. The second-order valence-electron chi connectivity index (χ2n) is 9.84. The summed E-state index contributed by atoms with van der Waals surface area (Å²) in [6, 6.07) is 0. The maximum atomic E-state index is 12.0. The van der Waals surface area contributed by atoms with Gasteiger partial charge >= 0.3 is 0 Å². The van der Waals surface area contributed by atoms with Crippen molar-refractivity contribution in [3.05, 3.63) is 0 Å². The third kappa shape index (κ3) is 22.0. The summed E-state index contributed by atoms with van der Waals surface area (Å²) in [4.78, 5) is 54.4. The Bertz CT molecular complexity index is 729. The van der Waals surface area contributed by atoms with Crippen LogP contribution in [0.5, 0.6) is 0 Å². The van der Waals surface area contributed by atoms with E-state index in [1.807, 2.05) is 6.92 Å². The molecule has 240 valence electrons. The molecule has 0 saturated carbocycles. The second kappa shape index (κ2) is 25.4. The lowest BCUT2D eigenvalue weighted by molar-refractivity contribution is -0.122. The minimum atomic E-state index is -0.544. The van der Waals surface area contributed by atoms with Gasteiger partial charge in [0.2, 0.25) is 23.6 Å². The standard InChI is InChI=1S/C27H57N9O5/c1-6-33-27(41)11-17-34(14-8-24(38)29-3)19-21-36(16-10-26(40)31-5)22-20-35(15-9-25(39)30-4)18-13-32-12-7-23(37)28-2/h23,28,32,37H,6-22H2,1-5H3,(H,29,38)(H,30,39)(H,31,40)(H,33,41). The number of aliphatic hydroxyl groups is 1. The number of hydrogen-bond donors (Lipinski definition) is 7. The Hall–Kier alpha value is -2.36. The van der Waals surface area contributed by atoms with Gasteiger partial charge < -0.3 is 46.4 Å². The predicted molar refractivity (Wildman–Crippen MR) is 161 cm³/mol. The van der Waals surface area contributed by atoms with Crippen molar-refractivity contribution in [3.63, 3.8) is 0 Å². The number of aliphatic hydroxyl groups excluding tert-OH is 1. The van der Waals surface area contributed by atoms with Crippen LogP contribution in [-0.2, 0) is 19.2 Å². The van der Waals surface area contributed by atoms with Crippen LogP contribution in [0.3, 0.4) is 0 Å². The minimum Gasteiger partial charge on any atom is -0.379 e. The van der Waals surface area contributed by atoms with Crippen LogP contribution >= 0.6 is 0 Å². The first kappa shape index (κ1) is 38.6. The van der Waals surface area contributed by atoms with Gasteiger partial charge in [-0.25, -0.2) is 0 Å². The lowest BCUT2D eigenvalue weighted by Gasteiger charge is -2.30. The third-order valence-electron chi connectivity index (χ3n) is 6.83. The molecule has 0 rings (SSSR count). The molecule has 0 aromatic heterocycles. The zero-order chi connectivity index (χ0) is 30.9. The molecule has 0 heterocycles. The number of carbonyl (C=O) groups excluding carboxylic acids is 4. The first-order valence-corrected chi connectivity index (χ1v) is 14.8. The molecule has 0 fully saturated rings. The Morgan fingerprint density at radius 2 is 0.976 bits per heavy atom. The molecule has 41 heavy (non-hydrogen) atoms. The molecule has 1 unspecified atom stereocenters. The van der Waals surface area contributed by atoms with Crippen molar-refractivity contribution in [2.45, 2.75) is 45.3 Å². The molecule has 0 aliphatic heterocycles. The summed E-state index contributed by atoms with van der Waals surface area (Å²) in [5.41, 5.74) is 0. The molecule has 0 aromatic carbocycles. The van der Waals surface area contributed by atoms with Crippen LogP contribution in [0.2, 0.25) is 0 Å². The van der Waals surface area contributed by atoms with Crippen LogP contribution in [0.4, 0.5) is 0 Å². The Balaban J connectivity index is 5.22. The van der Waals surface area contributed by atoms with E-state index in [0.717, 1.165) is 13.1 Å². The van der Waals surface area contributed by atoms with Gasteiger partial charge in [0.25, 0.3) is 0 Å². The molecule has 0 aromatic rings. The second-order valence-corrected chi connectivity index (χ2v) is 9.84. The summed E-state index contributed by atoms with van der Waals surface area (Å²) in [5.74, 6) is -0.123. The van der Waals surface area contributed by atoms with Crippen molar-refractivity contribution in [1.82, 2.24) is 46.6 Å². The quantitative estimate of drug-likeness (QED) is 0.0419. The average Bonchev–Trinajstić information content (AvgIpc) is 2.98. The van der Waals surface area contributed by atoms with Gasteiger partial charge in [0.1, 0.15) is 6.23 Å². The van der Waals surface area contributed by atoms with Crippen molar-refractivity contribution < 1.29 is 24.3 Å². The van der Waals surface area contributed by atoms with Gasteiger partial charge in [-0.1, -0.05) is 0 Å². The highest BCUT2D eigenvalue weighted by Crippen LogP contribution is 2.01. The molecule has 7 N–H and O–H groups in total. The normalized spacial score (nSPS) is 12.0. The first-order chi connectivity index (χ1) is 19.7. The van der Waals surface area contributed by atoms with Gasteiger partial charge in [0, 0.05) is 119 Å². The van der Waals surface area contributed by atoms with E-state index in [4.69, 9.17) is 0 Å².